The third-order valence-electron chi connectivity index (χ3n) is 3.66. The highest BCUT2D eigenvalue weighted by Gasteiger charge is 2.30. The van der Waals surface area contributed by atoms with Crippen LogP contribution in [0.4, 0.5) is 0 Å². The van der Waals surface area contributed by atoms with Crippen molar-refractivity contribution in [1.82, 2.24) is 5.32 Å². The number of phenolic OH excluding ortho intramolecular Hbond substituents is 1. The van der Waals surface area contributed by atoms with Gasteiger partial charge < -0.3 is 10.4 Å². The summed E-state index contributed by atoms with van der Waals surface area (Å²) in [6.07, 6.45) is 3.59. The Bertz CT molecular complexity index is 446. The van der Waals surface area contributed by atoms with Gasteiger partial charge in [0.05, 0.1) is 5.02 Å². The number of nitrogens with one attached hydrogen (secondary N) is 1. The zero-order valence-corrected chi connectivity index (χ0v) is 12.3. The Kier molecular flexibility index (Phi) is 4.10. The quantitative estimate of drug-likeness (QED) is 0.865. The van der Waals surface area contributed by atoms with Crippen molar-refractivity contribution in [3.63, 3.8) is 0 Å². The van der Waals surface area contributed by atoms with Crippen LogP contribution in [0.3, 0.4) is 0 Å². The smallest absolute Gasteiger partial charge is 0.138 e. The highest BCUT2D eigenvalue weighted by Crippen LogP contribution is 2.37. The molecule has 18 heavy (non-hydrogen) atoms. The predicted octanol–water partition coefficient (Wildman–Crippen LogP) is 4.37. The molecule has 2 N–H and O–H groups in total. The molecular formula is C14H19Cl2NO. The monoisotopic (exact) mass is 287 g/mol. The summed E-state index contributed by atoms with van der Waals surface area (Å²) in [5.74, 6) is 0.130. The largest absolute Gasteiger partial charge is 0.506 e. The minimum Gasteiger partial charge on any atom is -0.506 e. The zero-order valence-electron chi connectivity index (χ0n) is 10.8. The van der Waals surface area contributed by atoms with Gasteiger partial charge in [-0.3, -0.25) is 0 Å². The molecule has 4 heteroatoms. The van der Waals surface area contributed by atoms with Gasteiger partial charge in [0.2, 0.25) is 0 Å². The molecule has 1 atom stereocenters. The molecule has 0 saturated heterocycles. The van der Waals surface area contributed by atoms with Gasteiger partial charge in [0.15, 0.2) is 0 Å². The standard InChI is InChI=1S/C14H19Cl2NO/c1-14(2)4-3-11(7-14)17-8-9-5-10(15)6-12(16)13(9)18/h5-6,11,17-18H,3-4,7-8H2,1-2H3. The van der Waals surface area contributed by atoms with Crippen molar-refractivity contribution in [3.8, 4) is 5.75 Å². The number of hydrogen-bond acceptors (Lipinski definition) is 2. The summed E-state index contributed by atoms with van der Waals surface area (Å²) in [5, 5.41) is 14.2. The van der Waals surface area contributed by atoms with Gasteiger partial charge in [-0.1, -0.05) is 37.0 Å². The molecule has 0 aliphatic heterocycles. The Hall–Kier alpha value is -0.440. The number of hydrogen-bond donors (Lipinski definition) is 2. The molecule has 1 aromatic rings. The molecule has 100 valence electrons. The number of halogens is 2. The fourth-order valence-electron chi connectivity index (χ4n) is 2.62. The van der Waals surface area contributed by atoms with Crippen LogP contribution >= 0.6 is 23.2 Å². The van der Waals surface area contributed by atoms with Crippen LogP contribution in [0, 0.1) is 5.41 Å². The molecule has 0 heterocycles. The average molecular weight is 288 g/mol. The lowest BCUT2D eigenvalue weighted by atomic mass is 9.92. The average Bonchev–Trinajstić information content (AvgIpc) is 2.61. The van der Waals surface area contributed by atoms with Crippen LogP contribution in [-0.2, 0) is 6.54 Å². The maximum absolute atomic E-state index is 9.87. The normalized spacial score (nSPS) is 22.3. The Morgan fingerprint density at radius 3 is 2.72 bits per heavy atom. The minimum absolute atomic E-state index is 0.130. The first-order valence-corrected chi connectivity index (χ1v) is 7.03. The van der Waals surface area contributed by atoms with Crippen LogP contribution in [0.2, 0.25) is 10.0 Å². The summed E-state index contributed by atoms with van der Waals surface area (Å²) in [6.45, 7) is 5.19. The van der Waals surface area contributed by atoms with Gasteiger partial charge in [-0.15, -0.1) is 0 Å². The van der Waals surface area contributed by atoms with Crippen LogP contribution in [0.25, 0.3) is 0 Å². The summed E-state index contributed by atoms with van der Waals surface area (Å²) in [6, 6.07) is 3.83. The number of aromatic hydroxyl groups is 1. The Labute approximate surface area is 118 Å². The first-order chi connectivity index (χ1) is 8.37. The van der Waals surface area contributed by atoms with E-state index in [4.69, 9.17) is 23.2 Å². The van der Waals surface area contributed by atoms with E-state index in [2.05, 4.69) is 19.2 Å². The second kappa shape index (κ2) is 5.28. The third kappa shape index (κ3) is 3.31. The van der Waals surface area contributed by atoms with E-state index < -0.39 is 0 Å². The summed E-state index contributed by atoms with van der Waals surface area (Å²) >= 11 is 11.8. The number of rotatable bonds is 3. The van der Waals surface area contributed by atoms with Crippen LogP contribution in [-0.4, -0.2) is 11.1 Å². The van der Waals surface area contributed by atoms with Gasteiger partial charge in [-0.2, -0.15) is 0 Å². The van der Waals surface area contributed by atoms with Gasteiger partial charge >= 0.3 is 0 Å². The minimum atomic E-state index is 0.130. The van der Waals surface area contributed by atoms with Gasteiger partial charge in [-0.25, -0.2) is 0 Å². The summed E-state index contributed by atoms with van der Waals surface area (Å²) < 4.78 is 0. The van der Waals surface area contributed by atoms with Gasteiger partial charge in [0.1, 0.15) is 5.75 Å². The number of benzene rings is 1. The first-order valence-electron chi connectivity index (χ1n) is 6.28. The van der Waals surface area contributed by atoms with Crippen molar-refractivity contribution < 1.29 is 5.11 Å². The molecule has 0 aromatic heterocycles. The second-order valence-corrected chi connectivity index (χ2v) is 6.72. The van der Waals surface area contributed by atoms with Gasteiger partial charge in [0, 0.05) is 23.2 Å². The van der Waals surface area contributed by atoms with Crippen molar-refractivity contribution in [2.45, 2.75) is 45.7 Å². The maximum atomic E-state index is 9.87. The van der Waals surface area contributed by atoms with Crippen LogP contribution in [0.1, 0.15) is 38.7 Å². The maximum Gasteiger partial charge on any atom is 0.138 e. The molecule has 1 aliphatic rings. The predicted molar refractivity (Wildman–Crippen MR) is 76.4 cm³/mol. The second-order valence-electron chi connectivity index (χ2n) is 5.88. The lowest BCUT2D eigenvalue weighted by molar-refractivity contribution is 0.363. The van der Waals surface area contributed by atoms with Crippen molar-refractivity contribution in [2.24, 2.45) is 5.41 Å². The zero-order chi connectivity index (χ0) is 13.3. The Morgan fingerprint density at radius 1 is 1.39 bits per heavy atom. The fraction of sp³-hybridized carbons (Fsp3) is 0.571. The van der Waals surface area contributed by atoms with Crippen molar-refractivity contribution in [1.29, 1.82) is 0 Å². The van der Waals surface area contributed by atoms with Crippen molar-refractivity contribution in [3.05, 3.63) is 27.7 Å². The van der Waals surface area contributed by atoms with E-state index in [-0.39, 0.29) is 5.75 Å². The van der Waals surface area contributed by atoms with Crippen LogP contribution in [0.15, 0.2) is 12.1 Å². The van der Waals surface area contributed by atoms with E-state index in [0.717, 1.165) is 5.56 Å². The molecule has 0 radical (unpaired) electrons. The molecular weight excluding hydrogens is 269 g/mol. The highest BCUT2D eigenvalue weighted by molar-refractivity contribution is 6.35. The van der Waals surface area contributed by atoms with E-state index in [1.54, 1.807) is 12.1 Å². The molecule has 0 spiro atoms. The van der Waals surface area contributed by atoms with Crippen LogP contribution < -0.4 is 5.32 Å². The molecule has 1 aliphatic carbocycles. The Morgan fingerprint density at radius 2 is 2.11 bits per heavy atom. The summed E-state index contributed by atoms with van der Waals surface area (Å²) in [5.41, 5.74) is 1.18. The first kappa shape index (κ1) is 14.0. The van der Waals surface area contributed by atoms with E-state index in [1.165, 1.54) is 19.3 Å². The molecule has 1 saturated carbocycles. The summed E-state index contributed by atoms with van der Waals surface area (Å²) in [4.78, 5) is 0. The fourth-order valence-corrected chi connectivity index (χ4v) is 3.15. The van der Waals surface area contributed by atoms with Crippen LogP contribution in [0.5, 0.6) is 5.75 Å². The third-order valence-corrected chi connectivity index (χ3v) is 4.16. The van der Waals surface area contributed by atoms with Gasteiger partial charge in [0.25, 0.3) is 0 Å². The van der Waals surface area contributed by atoms with E-state index >= 15 is 0 Å². The van der Waals surface area contributed by atoms with Crippen molar-refractivity contribution >= 4 is 23.2 Å². The molecule has 1 unspecified atom stereocenters. The molecule has 2 rings (SSSR count). The van der Waals surface area contributed by atoms with Crippen molar-refractivity contribution in [2.75, 3.05) is 0 Å². The lowest BCUT2D eigenvalue weighted by Crippen LogP contribution is -2.26. The van der Waals surface area contributed by atoms with E-state index in [9.17, 15) is 5.11 Å². The van der Waals surface area contributed by atoms with E-state index in [1.807, 2.05) is 0 Å². The highest BCUT2D eigenvalue weighted by atomic mass is 35.5. The molecule has 2 nitrogen and oxygen atoms in total. The molecule has 0 bridgehead atoms. The lowest BCUT2D eigenvalue weighted by Gasteiger charge is -2.18. The molecule has 0 amide bonds. The summed E-state index contributed by atoms with van der Waals surface area (Å²) in [7, 11) is 0. The molecule has 1 fully saturated rings. The molecule has 1 aromatic carbocycles. The topological polar surface area (TPSA) is 32.3 Å². The van der Waals surface area contributed by atoms with E-state index in [0.29, 0.717) is 28.0 Å². The van der Waals surface area contributed by atoms with Gasteiger partial charge in [-0.05, 0) is 36.8 Å². The SMILES string of the molecule is CC1(C)CCC(NCc2cc(Cl)cc(Cl)c2O)C1. The Balaban J connectivity index is 1.99. The number of phenols is 1.